The molecule has 0 rings (SSSR count). The van der Waals surface area contributed by atoms with Gasteiger partial charge in [0.15, 0.2) is 9.04 Å². The van der Waals surface area contributed by atoms with Gasteiger partial charge in [-0.25, -0.2) is 4.89 Å². The maximum absolute atomic E-state index is 5.37. The molecule has 0 unspecified atom stereocenters. The van der Waals surface area contributed by atoms with Gasteiger partial charge in [0.25, 0.3) is 0 Å². The van der Waals surface area contributed by atoms with Crippen molar-refractivity contribution in [1.29, 1.82) is 0 Å². The first kappa shape index (κ1) is 11.3. The molecule has 0 spiro atoms. The Morgan fingerprint density at radius 1 is 0.909 bits per heavy atom. The molecule has 0 aliphatic rings. The Hall–Kier alpha value is 0.314. The molecule has 0 aromatic rings. The summed E-state index contributed by atoms with van der Waals surface area (Å²) in [6.07, 6.45) is 0. The van der Waals surface area contributed by atoms with Crippen LogP contribution in [-0.4, -0.2) is 31.3 Å². The molecule has 0 aromatic heterocycles. The van der Waals surface area contributed by atoms with E-state index in [-0.39, 0.29) is 0 Å². The quantitative estimate of drug-likeness (QED) is 0.272. The molecular formula is C6H18O3Si2. The van der Waals surface area contributed by atoms with Crippen LogP contribution >= 0.6 is 0 Å². The normalized spacial score (nSPS) is 11.5. The lowest BCUT2D eigenvalue weighted by molar-refractivity contribution is -0.216. The second kappa shape index (κ2) is 6.99. The van der Waals surface area contributed by atoms with Gasteiger partial charge in [-0.3, -0.25) is 4.58 Å². The second-order valence-electron chi connectivity index (χ2n) is 2.89. The number of rotatable bonds is 6. The van der Waals surface area contributed by atoms with E-state index in [1.807, 2.05) is 0 Å². The van der Waals surface area contributed by atoms with E-state index in [0.717, 1.165) is 0 Å². The molecule has 0 aliphatic carbocycles. The Labute approximate surface area is 72.0 Å². The summed E-state index contributed by atoms with van der Waals surface area (Å²) >= 11 is 0. The molecule has 0 saturated carbocycles. The number of hydrogen-bond donors (Lipinski definition) is 0. The molecule has 0 saturated heterocycles. The van der Waals surface area contributed by atoms with Crippen molar-refractivity contribution in [2.45, 2.75) is 26.2 Å². The summed E-state index contributed by atoms with van der Waals surface area (Å²) in [6, 6.07) is 0. The first-order valence-corrected chi connectivity index (χ1v) is 9.59. The molecule has 0 radical (unpaired) electrons. The zero-order valence-electron chi connectivity index (χ0n) is 7.79. The monoisotopic (exact) mass is 194 g/mol. The maximum atomic E-state index is 5.37. The first-order valence-electron chi connectivity index (χ1n) is 4.02. The minimum atomic E-state index is -1.00. The third-order valence-electron chi connectivity index (χ3n) is 0.878. The van der Waals surface area contributed by atoms with Crippen LogP contribution in [0.2, 0.25) is 26.2 Å². The van der Waals surface area contributed by atoms with Gasteiger partial charge in [0.1, 0.15) is 6.61 Å². The molecule has 0 N–H and O–H groups in total. The minimum Gasteiger partial charge on any atom is -0.418 e. The summed E-state index contributed by atoms with van der Waals surface area (Å²) in [5, 5.41) is 0. The molecule has 0 amide bonds. The fourth-order valence-electron chi connectivity index (χ4n) is 0.502. The van der Waals surface area contributed by atoms with Gasteiger partial charge in [-0.05, 0) is 26.2 Å². The Bertz CT molecular complexity index is 77.9. The fraction of sp³-hybridized carbons (Fsp3) is 1.00. The molecule has 0 aromatic carbocycles. The van der Waals surface area contributed by atoms with E-state index >= 15 is 0 Å². The summed E-state index contributed by atoms with van der Waals surface area (Å²) in [7, 11) is -1.87. The first-order chi connectivity index (χ1) is 5.13. The highest BCUT2D eigenvalue weighted by atomic mass is 28.3. The highest BCUT2D eigenvalue weighted by molar-refractivity contribution is 6.48. The average molecular weight is 194 g/mol. The summed E-state index contributed by atoms with van der Waals surface area (Å²) in [6.45, 7) is 9.65. The lowest BCUT2D eigenvalue weighted by Crippen LogP contribution is -2.15. The zero-order chi connectivity index (χ0) is 8.69. The Morgan fingerprint density at radius 2 is 1.55 bits per heavy atom. The molecule has 3 nitrogen and oxygen atoms in total. The summed E-state index contributed by atoms with van der Waals surface area (Å²) in [4.78, 5) is 4.90. The van der Waals surface area contributed by atoms with Gasteiger partial charge in [0.2, 0.25) is 9.04 Å². The van der Waals surface area contributed by atoms with Crippen molar-refractivity contribution >= 4 is 18.1 Å². The largest absolute Gasteiger partial charge is 0.418 e. The predicted octanol–water partition coefficient (Wildman–Crippen LogP) is 0.918. The van der Waals surface area contributed by atoms with Gasteiger partial charge >= 0.3 is 0 Å². The molecule has 0 aliphatic heterocycles. The number of hydrogen-bond acceptors (Lipinski definition) is 3. The van der Waals surface area contributed by atoms with Crippen molar-refractivity contribution in [3.63, 3.8) is 0 Å². The average Bonchev–Trinajstić information content (AvgIpc) is 1.85. The highest BCUT2D eigenvalue weighted by Crippen LogP contribution is 1.87. The van der Waals surface area contributed by atoms with Crippen LogP contribution in [-0.2, 0) is 13.9 Å². The summed E-state index contributed by atoms with van der Waals surface area (Å²) in [5.41, 5.74) is 0. The van der Waals surface area contributed by atoms with Crippen LogP contribution in [0, 0.1) is 0 Å². The summed E-state index contributed by atoms with van der Waals surface area (Å²) in [5.74, 6) is 0. The maximum Gasteiger partial charge on any atom is 0.218 e. The van der Waals surface area contributed by atoms with E-state index in [9.17, 15) is 0 Å². The topological polar surface area (TPSA) is 27.7 Å². The van der Waals surface area contributed by atoms with Gasteiger partial charge in [0.05, 0.1) is 6.61 Å². The third-order valence-corrected chi connectivity index (χ3v) is 2.30. The van der Waals surface area contributed by atoms with Crippen molar-refractivity contribution < 1.29 is 13.9 Å². The van der Waals surface area contributed by atoms with Gasteiger partial charge < -0.3 is 4.43 Å². The van der Waals surface area contributed by atoms with Crippen molar-refractivity contribution in [3.8, 4) is 0 Å². The van der Waals surface area contributed by atoms with Crippen LogP contribution in [0.4, 0.5) is 0 Å². The van der Waals surface area contributed by atoms with Crippen LogP contribution < -0.4 is 0 Å². The lowest BCUT2D eigenvalue weighted by Gasteiger charge is -2.08. The van der Waals surface area contributed by atoms with Crippen molar-refractivity contribution in [2.75, 3.05) is 13.2 Å². The molecular weight excluding hydrogens is 176 g/mol. The standard InChI is InChI=1S/C6H18O3Si2/c1-10(2)8-6-5-7-9-11(3)4/h10-11H,5-6H2,1-4H3. The van der Waals surface area contributed by atoms with Crippen molar-refractivity contribution in [1.82, 2.24) is 0 Å². The molecule has 11 heavy (non-hydrogen) atoms. The molecule has 5 heteroatoms. The van der Waals surface area contributed by atoms with E-state index in [4.69, 9.17) is 13.9 Å². The molecule has 0 bridgehead atoms. The summed E-state index contributed by atoms with van der Waals surface area (Å²) < 4.78 is 10.4. The van der Waals surface area contributed by atoms with E-state index in [2.05, 4.69) is 26.2 Å². The van der Waals surface area contributed by atoms with Gasteiger partial charge in [-0.2, -0.15) is 0 Å². The molecule has 0 atom stereocenters. The van der Waals surface area contributed by atoms with E-state index in [1.165, 1.54) is 0 Å². The Balaban J connectivity index is 2.91. The van der Waals surface area contributed by atoms with Crippen molar-refractivity contribution in [3.05, 3.63) is 0 Å². The molecule has 0 heterocycles. The van der Waals surface area contributed by atoms with E-state index in [0.29, 0.717) is 13.2 Å². The van der Waals surface area contributed by atoms with Crippen LogP contribution in [0.25, 0.3) is 0 Å². The van der Waals surface area contributed by atoms with E-state index in [1.54, 1.807) is 0 Å². The zero-order valence-corrected chi connectivity index (χ0v) is 10.1. The lowest BCUT2D eigenvalue weighted by atomic mass is 10.8. The minimum absolute atomic E-state index is 0.566. The van der Waals surface area contributed by atoms with Gasteiger partial charge in [-0.15, -0.1) is 0 Å². The highest BCUT2D eigenvalue weighted by Gasteiger charge is 1.97. The van der Waals surface area contributed by atoms with Crippen molar-refractivity contribution in [2.24, 2.45) is 0 Å². The molecule has 0 fully saturated rings. The van der Waals surface area contributed by atoms with Crippen LogP contribution in [0.15, 0.2) is 0 Å². The van der Waals surface area contributed by atoms with Crippen LogP contribution in [0.3, 0.4) is 0 Å². The third kappa shape index (κ3) is 10.3. The Kier molecular flexibility index (Phi) is 7.19. The fourth-order valence-corrected chi connectivity index (χ4v) is 1.44. The molecule has 68 valence electrons. The Morgan fingerprint density at radius 3 is 2.00 bits per heavy atom. The second-order valence-corrected chi connectivity index (χ2v) is 7.61. The SMILES string of the molecule is C[SiH](C)OCCOO[SiH](C)C. The van der Waals surface area contributed by atoms with Crippen LogP contribution in [0.1, 0.15) is 0 Å². The smallest absolute Gasteiger partial charge is 0.218 e. The van der Waals surface area contributed by atoms with E-state index < -0.39 is 18.1 Å². The predicted molar refractivity (Wildman–Crippen MR) is 50.7 cm³/mol. The van der Waals surface area contributed by atoms with Gasteiger partial charge in [-0.1, -0.05) is 0 Å². The van der Waals surface area contributed by atoms with Crippen LogP contribution in [0.5, 0.6) is 0 Å². The van der Waals surface area contributed by atoms with Gasteiger partial charge in [0, 0.05) is 0 Å².